The van der Waals surface area contributed by atoms with Crippen LogP contribution in [0.15, 0.2) is 55.0 Å². The molecule has 0 radical (unpaired) electrons. The van der Waals surface area contributed by atoms with Crippen molar-refractivity contribution in [1.29, 1.82) is 0 Å². The van der Waals surface area contributed by atoms with Gasteiger partial charge in [-0.15, -0.1) is 5.10 Å². The zero-order chi connectivity index (χ0) is 29.6. The van der Waals surface area contributed by atoms with Crippen molar-refractivity contribution in [3.8, 4) is 16.9 Å². The number of imidazole rings is 1. The second-order valence-corrected chi connectivity index (χ2v) is 9.82. The molecule has 1 aliphatic rings. The normalized spacial score (nSPS) is 17.0. The molecule has 0 saturated heterocycles. The lowest BCUT2D eigenvalue weighted by molar-refractivity contribution is -0.118. The second-order valence-electron chi connectivity index (χ2n) is 9.39. The van der Waals surface area contributed by atoms with Crippen LogP contribution in [0.2, 0.25) is 5.02 Å². The van der Waals surface area contributed by atoms with Gasteiger partial charge in [-0.1, -0.05) is 11.6 Å². The molecule has 0 saturated carbocycles. The van der Waals surface area contributed by atoms with E-state index in [2.05, 4.69) is 46.2 Å². The summed E-state index contributed by atoms with van der Waals surface area (Å²) in [5, 5.41) is 30.7. The van der Waals surface area contributed by atoms with E-state index in [4.69, 9.17) is 11.6 Å². The van der Waals surface area contributed by atoms with Gasteiger partial charge in [-0.25, -0.2) is 9.78 Å². The number of hydrogen-bond donors (Lipinski definition) is 5. The van der Waals surface area contributed by atoms with E-state index in [0.717, 1.165) is 0 Å². The third kappa shape index (κ3) is 6.79. The Kier molecular flexibility index (Phi) is 8.55. The van der Waals surface area contributed by atoms with Crippen LogP contribution in [0.25, 0.3) is 23.0 Å². The third-order valence-corrected chi connectivity index (χ3v) is 6.70. The smallest absolute Gasteiger partial charge is 0.411 e. The number of carbonyl (C=O) groups excluding carboxylic acids is 3. The quantitative estimate of drug-likeness (QED) is 0.217. The van der Waals surface area contributed by atoms with Crippen LogP contribution in [-0.2, 0) is 14.3 Å². The summed E-state index contributed by atoms with van der Waals surface area (Å²) >= 11 is 6.17. The first-order valence-corrected chi connectivity index (χ1v) is 13.2. The number of fused-ring (bicyclic) bond motifs is 4. The van der Waals surface area contributed by atoms with Gasteiger partial charge in [-0.05, 0) is 59.3 Å². The maximum absolute atomic E-state index is 13.1. The van der Waals surface area contributed by atoms with E-state index < -0.39 is 24.1 Å². The minimum Gasteiger partial charge on any atom is -0.453 e. The molecule has 2 aromatic carbocycles. The van der Waals surface area contributed by atoms with Gasteiger partial charge in [0.2, 0.25) is 11.8 Å². The fourth-order valence-corrected chi connectivity index (χ4v) is 4.62. The summed E-state index contributed by atoms with van der Waals surface area (Å²) in [6.07, 6.45) is 4.64. The van der Waals surface area contributed by atoms with E-state index in [1.54, 1.807) is 48.7 Å². The number of anilines is 2. The first kappa shape index (κ1) is 28.4. The Morgan fingerprint density at radius 2 is 2.10 bits per heavy atom. The van der Waals surface area contributed by atoms with Crippen LogP contribution in [-0.4, -0.2) is 66.4 Å². The molecule has 15 heteroatoms. The van der Waals surface area contributed by atoms with Gasteiger partial charge in [-0.3, -0.25) is 14.9 Å². The molecule has 4 aromatic rings. The SMILES string of the molecule is COC(=O)Nc1ccc2c(c1)NC(=O)CC[C@H](O)CC(NC(=O)/C=C/c1cc(Cl)ccc1-n1cnnn1)c1ncc-2[nH]1. The fourth-order valence-electron chi connectivity index (χ4n) is 4.44. The standard InChI is InChI=1S/C27H26ClN9O5/c1-42-27(41)31-17-4-6-19-20(11-17)32-25(40)9-5-18(38)12-21(26-29-13-22(19)34-26)33-24(39)8-2-15-10-16(28)3-7-23(15)37-14-30-35-36-37/h2-4,6-8,10-11,13-14,18,21,38H,5,9,12H2,1H3,(H,29,34)(H,31,41)(H,32,40)(H,33,39)/b8-2+/t18-,21?/m0/s1. The number of aliphatic hydroxyl groups excluding tert-OH is 1. The fraction of sp³-hybridized carbons (Fsp3) is 0.222. The molecule has 0 spiro atoms. The van der Waals surface area contributed by atoms with Crippen molar-refractivity contribution in [2.45, 2.75) is 31.4 Å². The van der Waals surface area contributed by atoms with Crippen molar-refractivity contribution in [2.24, 2.45) is 0 Å². The number of carbonyl (C=O) groups is 3. The maximum Gasteiger partial charge on any atom is 0.411 e. The number of aromatic amines is 1. The van der Waals surface area contributed by atoms with E-state index in [-0.39, 0.29) is 25.2 Å². The Labute approximate surface area is 244 Å². The highest BCUT2D eigenvalue weighted by molar-refractivity contribution is 6.30. The number of aliphatic hydroxyl groups is 1. The summed E-state index contributed by atoms with van der Waals surface area (Å²) in [5.41, 5.74) is 3.22. The topological polar surface area (TPSA) is 189 Å². The van der Waals surface area contributed by atoms with Crippen LogP contribution in [0.5, 0.6) is 0 Å². The molecule has 2 atom stereocenters. The number of aromatic nitrogens is 6. The molecule has 5 rings (SSSR count). The molecule has 0 aliphatic carbocycles. The lowest BCUT2D eigenvalue weighted by atomic mass is 10.0. The lowest BCUT2D eigenvalue weighted by Crippen LogP contribution is -2.31. The molecule has 2 aromatic heterocycles. The van der Waals surface area contributed by atoms with Crippen molar-refractivity contribution in [3.05, 3.63) is 71.4 Å². The van der Waals surface area contributed by atoms with Gasteiger partial charge in [0, 0.05) is 40.8 Å². The van der Waals surface area contributed by atoms with Gasteiger partial charge < -0.3 is 25.5 Å². The number of amides is 3. The van der Waals surface area contributed by atoms with Gasteiger partial charge in [-0.2, -0.15) is 4.68 Å². The Hall–Kier alpha value is -5.08. The van der Waals surface area contributed by atoms with E-state index in [1.807, 2.05) is 0 Å². The molecule has 3 heterocycles. The number of H-pyrrole nitrogens is 1. The number of benzene rings is 2. The van der Waals surface area contributed by atoms with Crippen LogP contribution >= 0.6 is 11.6 Å². The molecule has 1 unspecified atom stereocenters. The minimum atomic E-state index is -0.913. The van der Waals surface area contributed by atoms with Gasteiger partial charge in [0.25, 0.3) is 0 Å². The first-order chi connectivity index (χ1) is 20.3. The molecule has 2 bridgehead atoms. The number of ether oxygens (including phenoxy) is 1. The Balaban J connectivity index is 1.41. The lowest BCUT2D eigenvalue weighted by Gasteiger charge is -2.20. The molecule has 3 amide bonds. The molecular formula is C27H26ClN9O5. The van der Waals surface area contributed by atoms with Crippen molar-refractivity contribution in [1.82, 2.24) is 35.5 Å². The predicted molar refractivity (Wildman–Crippen MR) is 153 cm³/mol. The zero-order valence-corrected chi connectivity index (χ0v) is 23.0. The third-order valence-electron chi connectivity index (χ3n) is 6.47. The summed E-state index contributed by atoms with van der Waals surface area (Å²) in [6.45, 7) is 0. The molecule has 1 aliphatic heterocycles. The van der Waals surface area contributed by atoms with Gasteiger partial charge in [0.15, 0.2) is 0 Å². The Bertz CT molecular complexity index is 1640. The summed E-state index contributed by atoms with van der Waals surface area (Å²) < 4.78 is 6.09. The molecule has 0 fully saturated rings. The highest BCUT2D eigenvalue weighted by Crippen LogP contribution is 2.32. The Morgan fingerprint density at radius 1 is 1.24 bits per heavy atom. The monoisotopic (exact) mass is 591 g/mol. The number of halogens is 1. The second kappa shape index (κ2) is 12.6. The van der Waals surface area contributed by atoms with Crippen molar-refractivity contribution < 1.29 is 24.2 Å². The van der Waals surface area contributed by atoms with Crippen LogP contribution in [0.1, 0.15) is 36.7 Å². The highest BCUT2D eigenvalue weighted by Gasteiger charge is 2.24. The van der Waals surface area contributed by atoms with Crippen LogP contribution in [0, 0.1) is 0 Å². The summed E-state index contributed by atoms with van der Waals surface area (Å²) in [7, 11) is 1.25. The van der Waals surface area contributed by atoms with E-state index in [0.29, 0.717) is 44.7 Å². The summed E-state index contributed by atoms with van der Waals surface area (Å²) in [4.78, 5) is 45.1. The largest absolute Gasteiger partial charge is 0.453 e. The predicted octanol–water partition coefficient (Wildman–Crippen LogP) is 3.24. The molecular weight excluding hydrogens is 566 g/mol. The van der Waals surface area contributed by atoms with Gasteiger partial charge >= 0.3 is 6.09 Å². The minimum absolute atomic E-state index is 0.0312. The van der Waals surface area contributed by atoms with Gasteiger partial charge in [0.05, 0.1) is 42.5 Å². The maximum atomic E-state index is 13.1. The van der Waals surface area contributed by atoms with E-state index >= 15 is 0 Å². The van der Waals surface area contributed by atoms with E-state index in [9.17, 15) is 19.5 Å². The van der Waals surface area contributed by atoms with Crippen molar-refractivity contribution in [3.63, 3.8) is 0 Å². The van der Waals surface area contributed by atoms with Crippen molar-refractivity contribution >= 4 is 47.0 Å². The number of methoxy groups -OCH3 is 1. The number of tetrazole rings is 1. The molecule has 14 nitrogen and oxygen atoms in total. The van der Waals surface area contributed by atoms with E-state index in [1.165, 1.54) is 24.2 Å². The van der Waals surface area contributed by atoms with Crippen LogP contribution in [0.3, 0.4) is 0 Å². The summed E-state index contributed by atoms with van der Waals surface area (Å²) in [6, 6.07) is 9.35. The Morgan fingerprint density at radius 3 is 2.88 bits per heavy atom. The molecule has 5 N–H and O–H groups in total. The summed E-state index contributed by atoms with van der Waals surface area (Å²) in [5.74, 6) is -0.358. The average molecular weight is 592 g/mol. The van der Waals surface area contributed by atoms with Crippen LogP contribution in [0.4, 0.5) is 16.2 Å². The molecule has 216 valence electrons. The highest BCUT2D eigenvalue weighted by atomic mass is 35.5. The number of rotatable bonds is 5. The number of hydrogen-bond acceptors (Lipinski definition) is 9. The molecule has 42 heavy (non-hydrogen) atoms. The van der Waals surface area contributed by atoms with Crippen molar-refractivity contribution in [2.75, 3.05) is 17.7 Å². The number of nitrogens with one attached hydrogen (secondary N) is 4. The van der Waals surface area contributed by atoms with Gasteiger partial charge in [0.1, 0.15) is 12.2 Å². The van der Waals surface area contributed by atoms with Crippen LogP contribution < -0.4 is 16.0 Å². The number of nitrogens with zero attached hydrogens (tertiary/aromatic N) is 5. The first-order valence-electron chi connectivity index (χ1n) is 12.8. The average Bonchev–Trinajstić information content (AvgIpc) is 3.68. The zero-order valence-electron chi connectivity index (χ0n) is 22.2.